The van der Waals surface area contributed by atoms with Crippen LogP contribution in [0.15, 0.2) is 24.3 Å². The number of nitrogens with zero attached hydrogens (tertiary/aromatic N) is 2. The van der Waals surface area contributed by atoms with Gasteiger partial charge in [0, 0.05) is 12.6 Å². The molecule has 1 unspecified atom stereocenters. The number of rotatable bonds is 6. The van der Waals surface area contributed by atoms with Crippen LogP contribution in [0.2, 0.25) is 0 Å². The summed E-state index contributed by atoms with van der Waals surface area (Å²) in [7, 11) is 1.57. The van der Waals surface area contributed by atoms with Crippen LogP contribution in [0, 0.1) is 0 Å². The number of amides is 1. The van der Waals surface area contributed by atoms with Gasteiger partial charge < -0.3 is 14.7 Å². The zero-order chi connectivity index (χ0) is 16.3. The van der Waals surface area contributed by atoms with Crippen LogP contribution in [0.3, 0.4) is 0 Å². The van der Waals surface area contributed by atoms with E-state index >= 15 is 0 Å². The highest BCUT2D eigenvalue weighted by molar-refractivity contribution is 6.00. The summed E-state index contributed by atoms with van der Waals surface area (Å²) >= 11 is 0. The molecular weight excluding hydrogens is 284 g/mol. The number of carbonyl (C=O) groups is 2. The van der Waals surface area contributed by atoms with Crippen LogP contribution in [0.4, 0.5) is 5.69 Å². The molecule has 2 rings (SSSR count). The zero-order valence-electron chi connectivity index (χ0n) is 13.2. The monoisotopic (exact) mass is 306 g/mol. The number of hydrogen-bond acceptors (Lipinski definition) is 4. The van der Waals surface area contributed by atoms with Crippen molar-refractivity contribution in [1.29, 1.82) is 0 Å². The number of hydrogen-bond donors (Lipinski definition) is 1. The molecule has 1 aliphatic heterocycles. The Bertz CT molecular complexity index is 559. The number of anilines is 1. The molecule has 0 radical (unpaired) electrons. The van der Waals surface area contributed by atoms with Crippen molar-refractivity contribution < 1.29 is 19.4 Å². The molecule has 1 aliphatic rings. The van der Waals surface area contributed by atoms with Crippen LogP contribution >= 0.6 is 0 Å². The van der Waals surface area contributed by atoms with E-state index in [0.29, 0.717) is 18.7 Å². The lowest BCUT2D eigenvalue weighted by atomic mass is 10.1. The van der Waals surface area contributed by atoms with Gasteiger partial charge in [-0.05, 0) is 32.4 Å². The zero-order valence-corrected chi connectivity index (χ0v) is 13.2. The van der Waals surface area contributed by atoms with Gasteiger partial charge in [0.15, 0.2) is 0 Å². The molecule has 0 saturated carbocycles. The number of carbonyl (C=O) groups excluding carboxylic acids is 1. The molecule has 0 aliphatic carbocycles. The fourth-order valence-electron chi connectivity index (χ4n) is 2.87. The summed E-state index contributed by atoms with van der Waals surface area (Å²) in [6.07, 6.45) is 0.613. The smallest absolute Gasteiger partial charge is 0.317 e. The SMILES string of the molecule is COc1ccccc1N1CCC(N(CC(=O)O)C(C)C)C1=O. The van der Waals surface area contributed by atoms with Crippen molar-refractivity contribution in [3.8, 4) is 5.75 Å². The van der Waals surface area contributed by atoms with Crippen molar-refractivity contribution in [3.05, 3.63) is 24.3 Å². The average molecular weight is 306 g/mol. The lowest BCUT2D eigenvalue weighted by Gasteiger charge is -2.30. The van der Waals surface area contributed by atoms with Gasteiger partial charge in [-0.2, -0.15) is 0 Å². The van der Waals surface area contributed by atoms with E-state index in [9.17, 15) is 9.59 Å². The molecule has 1 heterocycles. The van der Waals surface area contributed by atoms with Crippen molar-refractivity contribution >= 4 is 17.6 Å². The highest BCUT2D eigenvalue weighted by Crippen LogP contribution is 2.32. The number of methoxy groups -OCH3 is 1. The van der Waals surface area contributed by atoms with Crippen LogP contribution in [-0.4, -0.2) is 54.2 Å². The summed E-state index contributed by atoms with van der Waals surface area (Å²) in [5, 5.41) is 9.06. The molecule has 1 atom stereocenters. The van der Waals surface area contributed by atoms with Gasteiger partial charge in [-0.25, -0.2) is 0 Å². The maximum Gasteiger partial charge on any atom is 0.317 e. The van der Waals surface area contributed by atoms with Gasteiger partial charge in [0.25, 0.3) is 0 Å². The van der Waals surface area contributed by atoms with E-state index in [1.54, 1.807) is 16.9 Å². The third-order valence-corrected chi connectivity index (χ3v) is 3.93. The van der Waals surface area contributed by atoms with Gasteiger partial charge in [0.2, 0.25) is 5.91 Å². The number of aliphatic carboxylic acids is 1. The minimum Gasteiger partial charge on any atom is -0.495 e. The second-order valence-corrected chi connectivity index (χ2v) is 5.63. The predicted molar refractivity (Wildman–Crippen MR) is 83.2 cm³/mol. The predicted octanol–water partition coefficient (Wildman–Crippen LogP) is 1.60. The van der Waals surface area contributed by atoms with Gasteiger partial charge in [0.1, 0.15) is 5.75 Å². The topological polar surface area (TPSA) is 70.1 Å². The Balaban J connectivity index is 2.23. The first kappa shape index (κ1) is 16.3. The molecular formula is C16H22N2O4. The molecule has 6 heteroatoms. The Morgan fingerprint density at radius 1 is 1.45 bits per heavy atom. The summed E-state index contributed by atoms with van der Waals surface area (Å²) < 4.78 is 5.31. The van der Waals surface area contributed by atoms with Crippen LogP contribution in [0.5, 0.6) is 5.75 Å². The summed E-state index contributed by atoms with van der Waals surface area (Å²) in [5.74, 6) is -0.345. The number of carboxylic acids is 1. The molecule has 1 saturated heterocycles. The quantitative estimate of drug-likeness (QED) is 0.864. The maximum atomic E-state index is 12.7. The second kappa shape index (κ2) is 6.79. The van der Waals surface area contributed by atoms with Crippen molar-refractivity contribution in [2.75, 3.05) is 25.1 Å². The molecule has 120 valence electrons. The maximum absolute atomic E-state index is 12.7. The van der Waals surface area contributed by atoms with E-state index in [0.717, 1.165) is 5.69 Å². The van der Waals surface area contributed by atoms with Gasteiger partial charge in [-0.1, -0.05) is 12.1 Å². The fourth-order valence-corrected chi connectivity index (χ4v) is 2.87. The minimum atomic E-state index is -0.919. The Morgan fingerprint density at radius 3 is 2.73 bits per heavy atom. The van der Waals surface area contributed by atoms with Crippen molar-refractivity contribution in [3.63, 3.8) is 0 Å². The lowest BCUT2D eigenvalue weighted by molar-refractivity contribution is -0.140. The summed E-state index contributed by atoms with van der Waals surface area (Å²) in [4.78, 5) is 27.2. The van der Waals surface area contributed by atoms with E-state index in [4.69, 9.17) is 9.84 Å². The van der Waals surface area contributed by atoms with Gasteiger partial charge >= 0.3 is 5.97 Å². The number of ether oxygens (including phenoxy) is 1. The fraction of sp³-hybridized carbons (Fsp3) is 0.500. The Hall–Kier alpha value is -2.08. The lowest BCUT2D eigenvalue weighted by Crippen LogP contribution is -2.47. The summed E-state index contributed by atoms with van der Waals surface area (Å²) in [6, 6.07) is 6.95. The summed E-state index contributed by atoms with van der Waals surface area (Å²) in [6.45, 7) is 4.24. The molecule has 0 spiro atoms. The first-order valence-corrected chi connectivity index (χ1v) is 7.37. The molecule has 6 nitrogen and oxygen atoms in total. The van der Waals surface area contributed by atoms with Crippen molar-refractivity contribution in [2.24, 2.45) is 0 Å². The molecule has 1 amide bonds. The average Bonchev–Trinajstić information content (AvgIpc) is 2.85. The normalized spacial score (nSPS) is 18.3. The van der Waals surface area contributed by atoms with E-state index < -0.39 is 12.0 Å². The van der Waals surface area contributed by atoms with Crippen LogP contribution in [0.25, 0.3) is 0 Å². The highest BCUT2D eigenvalue weighted by atomic mass is 16.5. The van der Waals surface area contributed by atoms with Crippen molar-refractivity contribution in [1.82, 2.24) is 4.90 Å². The molecule has 1 aromatic rings. The van der Waals surface area contributed by atoms with E-state index in [-0.39, 0.29) is 18.5 Å². The first-order chi connectivity index (χ1) is 10.5. The first-order valence-electron chi connectivity index (χ1n) is 7.37. The van der Waals surface area contributed by atoms with Crippen LogP contribution < -0.4 is 9.64 Å². The Kier molecular flexibility index (Phi) is 5.03. The van der Waals surface area contributed by atoms with E-state index in [1.165, 1.54) is 0 Å². The number of benzene rings is 1. The summed E-state index contributed by atoms with van der Waals surface area (Å²) in [5.41, 5.74) is 0.733. The molecule has 22 heavy (non-hydrogen) atoms. The van der Waals surface area contributed by atoms with E-state index in [2.05, 4.69) is 0 Å². The van der Waals surface area contributed by atoms with Gasteiger partial charge in [-0.3, -0.25) is 14.5 Å². The highest BCUT2D eigenvalue weighted by Gasteiger charge is 2.39. The standard InChI is InChI=1S/C16H22N2O4/c1-11(2)18(10-15(19)20)13-8-9-17(16(13)21)12-6-4-5-7-14(12)22-3/h4-7,11,13H,8-10H2,1-3H3,(H,19,20). The van der Waals surface area contributed by atoms with E-state index in [1.807, 2.05) is 38.1 Å². The Morgan fingerprint density at radius 2 is 2.14 bits per heavy atom. The second-order valence-electron chi connectivity index (χ2n) is 5.63. The third kappa shape index (κ3) is 3.22. The Labute approximate surface area is 130 Å². The minimum absolute atomic E-state index is 0.0114. The number of carboxylic acid groups (broad SMARTS) is 1. The largest absolute Gasteiger partial charge is 0.495 e. The number of para-hydroxylation sites is 2. The molecule has 1 N–H and O–H groups in total. The third-order valence-electron chi connectivity index (χ3n) is 3.93. The molecule has 1 fully saturated rings. The van der Waals surface area contributed by atoms with Gasteiger partial charge in [0.05, 0.1) is 25.4 Å². The molecule has 0 aromatic heterocycles. The van der Waals surface area contributed by atoms with Crippen molar-refractivity contribution in [2.45, 2.75) is 32.4 Å². The van der Waals surface area contributed by atoms with Gasteiger partial charge in [-0.15, -0.1) is 0 Å². The van der Waals surface area contributed by atoms with Crippen LogP contribution in [-0.2, 0) is 9.59 Å². The van der Waals surface area contributed by atoms with Crippen LogP contribution in [0.1, 0.15) is 20.3 Å². The molecule has 1 aromatic carbocycles. The molecule has 0 bridgehead atoms.